The maximum Gasteiger partial charge on any atom is 0.350 e. The first-order valence-corrected chi connectivity index (χ1v) is 10.4. The average molecular weight is 381 g/mol. The molecule has 1 aliphatic rings. The van der Waals surface area contributed by atoms with Gasteiger partial charge in [-0.1, -0.05) is 30.3 Å². The van der Waals surface area contributed by atoms with E-state index in [1.165, 1.54) is 34.4 Å². The van der Waals surface area contributed by atoms with Crippen LogP contribution in [0.4, 0.5) is 5.69 Å². The molecule has 0 radical (unpaired) electrons. The molecule has 0 unspecified atom stereocenters. The van der Waals surface area contributed by atoms with E-state index >= 15 is 0 Å². The SMILES string of the molecule is CCOC(=O)c1sc2nc(CCc3ccccc3)c3c(c2c1N)CCCC3. The van der Waals surface area contributed by atoms with Crippen LogP contribution in [0.3, 0.4) is 0 Å². The van der Waals surface area contributed by atoms with Crippen molar-refractivity contribution in [3.8, 4) is 0 Å². The number of esters is 1. The number of benzene rings is 1. The van der Waals surface area contributed by atoms with Crippen LogP contribution in [-0.4, -0.2) is 17.6 Å². The molecule has 0 saturated heterocycles. The predicted octanol–water partition coefficient (Wildman–Crippen LogP) is 4.72. The summed E-state index contributed by atoms with van der Waals surface area (Å²) in [5, 5.41) is 0.987. The van der Waals surface area contributed by atoms with Crippen LogP contribution in [0.25, 0.3) is 10.2 Å². The van der Waals surface area contributed by atoms with Crippen LogP contribution in [0.2, 0.25) is 0 Å². The van der Waals surface area contributed by atoms with Crippen LogP contribution in [0.5, 0.6) is 0 Å². The molecule has 0 spiro atoms. The zero-order chi connectivity index (χ0) is 18.8. The number of aryl methyl sites for hydroxylation is 3. The molecule has 2 aromatic heterocycles. The summed E-state index contributed by atoms with van der Waals surface area (Å²) in [6.45, 7) is 2.16. The number of hydrogen-bond donors (Lipinski definition) is 1. The maximum atomic E-state index is 12.3. The van der Waals surface area contributed by atoms with Gasteiger partial charge in [-0.15, -0.1) is 11.3 Å². The number of nitrogens with two attached hydrogens (primary N) is 1. The van der Waals surface area contributed by atoms with Gasteiger partial charge >= 0.3 is 5.97 Å². The minimum atomic E-state index is -0.339. The molecule has 5 heteroatoms. The molecule has 0 amide bonds. The number of pyridine rings is 1. The first-order valence-electron chi connectivity index (χ1n) is 9.62. The number of carbonyl (C=O) groups excluding carboxylic acids is 1. The number of aromatic nitrogens is 1. The van der Waals surface area contributed by atoms with Gasteiger partial charge in [-0.3, -0.25) is 0 Å². The van der Waals surface area contributed by atoms with Crippen molar-refractivity contribution in [1.29, 1.82) is 0 Å². The molecule has 0 fully saturated rings. The Morgan fingerprint density at radius 1 is 1.15 bits per heavy atom. The first kappa shape index (κ1) is 18.0. The normalized spacial score (nSPS) is 13.5. The highest BCUT2D eigenvalue weighted by Gasteiger charge is 2.25. The molecule has 0 aliphatic heterocycles. The molecule has 4 nitrogen and oxygen atoms in total. The number of hydrogen-bond acceptors (Lipinski definition) is 5. The van der Waals surface area contributed by atoms with Gasteiger partial charge in [-0.25, -0.2) is 9.78 Å². The Labute approximate surface area is 163 Å². The Kier molecular flexibility index (Phi) is 5.12. The summed E-state index contributed by atoms with van der Waals surface area (Å²) in [4.78, 5) is 18.6. The van der Waals surface area contributed by atoms with E-state index in [1.54, 1.807) is 0 Å². The van der Waals surface area contributed by atoms with Crippen molar-refractivity contribution in [2.24, 2.45) is 0 Å². The molecular formula is C22H24N2O2S. The zero-order valence-electron chi connectivity index (χ0n) is 15.6. The summed E-state index contributed by atoms with van der Waals surface area (Å²) in [6.07, 6.45) is 6.29. The number of rotatable bonds is 5. The van der Waals surface area contributed by atoms with E-state index in [1.807, 2.05) is 13.0 Å². The topological polar surface area (TPSA) is 65.2 Å². The minimum Gasteiger partial charge on any atom is -0.462 e. The molecule has 140 valence electrons. The van der Waals surface area contributed by atoms with Crippen molar-refractivity contribution < 1.29 is 9.53 Å². The Morgan fingerprint density at radius 2 is 1.89 bits per heavy atom. The maximum absolute atomic E-state index is 12.3. The van der Waals surface area contributed by atoms with Crippen molar-refractivity contribution in [2.45, 2.75) is 45.4 Å². The molecule has 2 heterocycles. The molecule has 1 aliphatic carbocycles. The molecule has 0 saturated carbocycles. The van der Waals surface area contributed by atoms with Crippen LogP contribution < -0.4 is 5.73 Å². The van der Waals surface area contributed by atoms with Gasteiger partial charge < -0.3 is 10.5 Å². The lowest BCUT2D eigenvalue weighted by Crippen LogP contribution is -2.11. The van der Waals surface area contributed by atoms with E-state index < -0.39 is 0 Å². The monoisotopic (exact) mass is 380 g/mol. The zero-order valence-corrected chi connectivity index (χ0v) is 16.4. The number of nitrogen functional groups attached to an aromatic ring is 1. The van der Waals surface area contributed by atoms with E-state index in [0.717, 1.165) is 48.0 Å². The first-order chi connectivity index (χ1) is 13.2. The van der Waals surface area contributed by atoms with Crippen molar-refractivity contribution in [1.82, 2.24) is 4.98 Å². The largest absolute Gasteiger partial charge is 0.462 e. The van der Waals surface area contributed by atoms with Gasteiger partial charge in [0.25, 0.3) is 0 Å². The van der Waals surface area contributed by atoms with Gasteiger partial charge in [0.15, 0.2) is 0 Å². The van der Waals surface area contributed by atoms with Crippen LogP contribution in [0.1, 0.15) is 51.8 Å². The lowest BCUT2D eigenvalue weighted by Gasteiger charge is -2.20. The molecule has 2 N–H and O–H groups in total. The molecule has 0 atom stereocenters. The third kappa shape index (κ3) is 3.44. The summed E-state index contributed by atoms with van der Waals surface area (Å²) < 4.78 is 5.18. The fourth-order valence-electron chi connectivity index (χ4n) is 3.95. The average Bonchev–Trinajstić information content (AvgIpc) is 3.04. The summed E-state index contributed by atoms with van der Waals surface area (Å²) >= 11 is 1.37. The number of ether oxygens (including phenoxy) is 1. The molecule has 0 bridgehead atoms. The summed E-state index contributed by atoms with van der Waals surface area (Å²) in [7, 11) is 0. The molecule has 1 aromatic carbocycles. The van der Waals surface area contributed by atoms with Crippen LogP contribution in [-0.2, 0) is 30.4 Å². The van der Waals surface area contributed by atoms with E-state index in [4.69, 9.17) is 15.5 Å². The fourth-order valence-corrected chi connectivity index (χ4v) is 4.99. The fraction of sp³-hybridized carbons (Fsp3) is 0.364. The number of thiophene rings is 1. The Bertz CT molecular complexity index is 979. The van der Waals surface area contributed by atoms with Crippen molar-refractivity contribution in [3.63, 3.8) is 0 Å². The van der Waals surface area contributed by atoms with Crippen LogP contribution in [0.15, 0.2) is 30.3 Å². The summed E-state index contributed by atoms with van der Waals surface area (Å²) in [5.74, 6) is -0.339. The summed E-state index contributed by atoms with van der Waals surface area (Å²) in [6, 6.07) is 10.5. The van der Waals surface area contributed by atoms with E-state index in [2.05, 4.69) is 24.3 Å². The third-order valence-corrected chi connectivity index (χ3v) is 6.31. The van der Waals surface area contributed by atoms with Crippen molar-refractivity contribution >= 4 is 33.2 Å². The number of fused-ring (bicyclic) bond motifs is 3. The minimum absolute atomic E-state index is 0.339. The van der Waals surface area contributed by atoms with E-state index in [9.17, 15) is 4.79 Å². The second kappa shape index (κ2) is 7.69. The molecule has 27 heavy (non-hydrogen) atoms. The molecular weight excluding hydrogens is 356 g/mol. The number of nitrogens with zero attached hydrogens (tertiary/aromatic N) is 1. The summed E-state index contributed by atoms with van der Waals surface area (Å²) in [5.41, 5.74) is 12.1. The Morgan fingerprint density at radius 3 is 2.63 bits per heavy atom. The van der Waals surface area contributed by atoms with Gasteiger partial charge in [-0.05, 0) is 62.1 Å². The van der Waals surface area contributed by atoms with Gasteiger partial charge in [0.1, 0.15) is 9.71 Å². The van der Waals surface area contributed by atoms with Gasteiger partial charge in [0, 0.05) is 11.1 Å². The highest BCUT2D eigenvalue weighted by atomic mass is 32.1. The highest BCUT2D eigenvalue weighted by molar-refractivity contribution is 7.21. The van der Waals surface area contributed by atoms with Gasteiger partial charge in [0.05, 0.1) is 12.3 Å². The standard InChI is InChI=1S/C22H24N2O2S/c1-2-26-22(25)20-19(23)18-16-11-7-6-10-15(16)17(24-21(18)27-20)13-12-14-8-4-3-5-9-14/h3-5,8-9H,2,6-7,10-13,23H2,1H3. The van der Waals surface area contributed by atoms with Crippen LogP contribution >= 0.6 is 11.3 Å². The van der Waals surface area contributed by atoms with E-state index in [0.29, 0.717) is 17.2 Å². The number of carbonyl (C=O) groups is 1. The van der Waals surface area contributed by atoms with Gasteiger partial charge in [-0.2, -0.15) is 0 Å². The second-order valence-electron chi connectivity index (χ2n) is 6.95. The number of anilines is 1. The lowest BCUT2D eigenvalue weighted by molar-refractivity contribution is 0.0533. The van der Waals surface area contributed by atoms with Crippen molar-refractivity contribution in [2.75, 3.05) is 12.3 Å². The van der Waals surface area contributed by atoms with Crippen LogP contribution in [0, 0.1) is 0 Å². The predicted molar refractivity (Wildman–Crippen MR) is 110 cm³/mol. The van der Waals surface area contributed by atoms with Crippen molar-refractivity contribution in [3.05, 3.63) is 57.6 Å². The van der Waals surface area contributed by atoms with E-state index in [-0.39, 0.29) is 5.97 Å². The molecule has 4 rings (SSSR count). The molecule has 3 aromatic rings. The lowest BCUT2D eigenvalue weighted by atomic mass is 9.87. The highest BCUT2D eigenvalue weighted by Crippen LogP contribution is 2.40. The Balaban J connectivity index is 1.77. The second-order valence-corrected chi connectivity index (χ2v) is 7.95. The smallest absolute Gasteiger partial charge is 0.350 e. The van der Waals surface area contributed by atoms with Gasteiger partial charge in [0.2, 0.25) is 0 Å². The Hall–Kier alpha value is -2.40. The quantitative estimate of drug-likeness (QED) is 0.651. The third-order valence-electron chi connectivity index (χ3n) is 5.24.